The van der Waals surface area contributed by atoms with E-state index in [0.29, 0.717) is 12.2 Å². The second-order valence-corrected chi connectivity index (χ2v) is 6.39. The summed E-state index contributed by atoms with van der Waals surface area (Å²) in [6, 6.07) is 9.74. The van der Waals surface area contributed by atoms with E-state index in [1.54, 1.807) is 6.20 Å². The number of carbonyl (C=O) groups excluding carboxylic acids is 1. The minimum absolute atomic E-state index is 0.0615. The summed E-state index contributed by atoms with van der Waals surface area (Å²) in [5.41, 5.74) is 2.35. The molecule has 2 aromatic heterocycles. The van der Waals surface area contributed by atoms with Gasteiger partial charge in [0.25, 0.3) is 5.91 Å². The standard InChI is InChI=1S/C18H20N6O/c1-14-10-19-22(12-14)13-16-8-5-9-23(16)18(25)17-11-20-24(21-17)15-6-3-2-4-7-15/h2-4,6-7,10-12,16H,5,8-9,13H2,1H3. The Hall–Kier alpha value is -2.96. The van der Waals surface area contributed by atoms with Gasteiger partial charge in [-0.1, -0.05) is 18.2 Å². The molecule has 3 aromatic rings. The Morgan fingerprint density at radius 3 is 2.80 bits per heavy atom. The van der Waals surface area contributed by atoms with E-state index < -0.39 is 0 Å². The van der Waals surface area contributed by atoms with E-state index in [-0.39, 0.29) is 11.9 Å². The minimum Gasteiger partial charge on any atom is -0.332 e. The van der Waals surface area contributed by atoms with Gasteiger partial charge in [-0.25, -0.2) is 0 Å². The fourth-order valence-corrected chi connectivity index (χ4v) is 3.27. The third-order valence-electron chi connectivity index (χ3n) is 4.50. The Morgan fingerprint density at radius 2 is 2.04 bits per heavy atom. The number of aryl methyl sites for hydroxylation is 1. The second-order valence-electron chi connectivity index (χ2n) is 6.39. The molecule has 0 aliphatic carbocycles. The molecule has 1 atom stereocenters. The van der Waals surface area contributed by atoms with E-state index in [1.165, 1.54) is 4.80 Å². The molecule has 128 valence electrons. The van der Waals surface area contributed by atoms with Gasteiger partial charge in [-0.05, 0) is 37.5 Å². The average molecular weight is 336 g/mol. The molecule has 1 fully saturated rings. The third-order valence-corrected chi connectivity index (χ3v) is 4.50. The first-order valence-electron chi connectivity index (χ1n) is 8.48. The van der Waals surface area contributed by atoms with Crippen molar-refractivity contribution in [2.24, 2.45) is 0 Å². The van der Waals surface area contributed by atoms with E-state index in [0.717, 1.165) is 30.6 Å². The van der Waals surface area contributed by atoms with Crippen LogP contribution in [0.3, 0.4) is 0 Å². The summed E-state index contributed by atoms with van der Waals surface area (Å²) in [5, 5.41) is 12.9. The number of likely N-dealkylation sites (tertiary alicyclic amines) is 1. The van der Waals surface area contributed by atoms with Crippen molar-refractivity contribution < 1.29 is 4.79 Å². The van der Waals surface area contributed by atoms with Crippen molar-refractivity contribution in [3.8, 4) is 5.69 Å². The number of hydrogen-bond donors (Lipinski definition) is 0. The zero-order valence-corrected chi connectivity index (χ0v) is 14.1. The van der Waals surface area contributed by atoms with Gasteiger partial charge in [0.05, 0.1) is 30.7 Å². The molecule has 0 N–H and O–H groups in total. The first-order chi connectivity index (χ1) is 12.2. The van der Waals surface area contributed by atoms with E-state index >= 15 is 0 Å². The molecule has 25 heavy (non-hydrogen) atoms. The molecule has 1 aliphatic heterocycles. The van der Waals surface area contributed by atoms with Crippen LogP contribution < -0.4 is 0 Å². The highest BCUT2D eigenvalue weighted by Crippen LogP contribution is 2.21. The number of carbonyl (C=O) groups is 1. The highest BCUT2D eigenvalue weighted by Gasteiger charge is 2.31. The molecule has 4 rings (SSSR count). The first kappa shape index (κ1) is 15.6. The van der Waals surface area contributed by atoms with E-state index in [4.69, 9.17) is 0 Å². The maximum Gasteiger partial charge on any atom is 0.276 e. The van der Waals surface area contributed by atoms with E-state index in [2.05, 4.69) is 15.3 Å². The maximum atomic E-state index is 12.9. The number of nitrogens with zero attached hydrogens (tertiary/aromatic N) is 6. The summed E-state index contributed by atoms with van der Waals surface area (Å²) in [6.45, 7) is 3.48. The van der Waals surface area contributed by atoms with E-state index in [1.807, 2.05) is 59.2 Å². The fourth-order valence-electron chi connectivity index (χ4n) is 3.27. The lowest BCUT2D eigenvalue weighted by atomic mass is 10.2. The average Bonchev–Trinajstić information content (AvgIpc) is 3.37. The monoisotopic (exact) mass is 336 g/mol. The van der Waals surface area contributed by atoms with Crippen LogP contribution in [0.2, 0.25) is 0 Å². The first-order valence-corrected chi connectivity index (χ1v) is 8.48. The molecule has 1 aromatic carbocycles. The van der Waals surface area contributed by atoms with Crippen molar-refractivity contribution >= 4 is 5.91 Å². The molecule has 0 bridgehead atoms. The smallest absolute Gasteiger partial charge is 0.276 e. The lowest BCUT2D eigenvalue weighted by Crippen LogP contribution is -2.38. The van der Waals surface area contributed by atoms with Gasteiger partial charge in [0.15, 0.2) is 5.69 Å². The summed E-state index contributed by atoms with van der Waals surface area (Å²) in [4.78, 5) is 16.3. The van der Waals surface area contributed by atoms with Gasteiger partial charge in [-0.15, -0.1) is 5.10 Å². The van der Waals surface area contributed by atoms with Crippen molar-refractivity contribution in [2.75, 3.05) is 6.54 Å². The second kappa shape index (κ2) is 6.51. The number of hydrogen-bond acceptors (Lipinski definition) is 4. The zero-order valence-electron chi connectivity index (χ0n) is 14.1. The van der Waals surface area contributed by atoms with Gasteiger partial charge in [-0.3, -0.25) is 9.48 Å². The van der Waals surface area contributed by atoms with Crippen molar-refractivity contribution in [2.45, 2.75) is 32.4 Å². The van der Waals surface area contributed by atoms with Crippen LogP contribution in [0.25, 0.3) is 5.69 Å². The summed E-state index contributed by atoms with van der Waals surface area (Å²) in [5.74, 6) is -0.0615. The van der Waals surface area contributed by atoms with Gasteiger partial charge >= 0.3 is 0 Å². The molecule has 7 nitrogen and oxygen atoms in total. The SMILES string of the molecule is Cc1cnn(CC2CCCN2C(=O)c2cnn(-c3ccccc3)n2)c1. The molecule has 7 heteroatoms. The van der Waals surface area contributed by atoms with Crippen LogP contribution in [0.15, 0.2) is 48.9 Å². The number of aromatic nitrogens is 5. The summed E-state index contributed by atoms with van der Waals surface area (Å²) < 4.78 is 1.91. The van der Waals surface area contributed by atoms with Crippen molar-refractivity contribution in [1.29, 1.82) is 0 Å². The summed E-state index contributed by atoms with van der Waals surface area (Å²) in [6.07, 6.45) is 7.38. The molecule has 1 unspecified atom stereocenters. The fraction of sp³-hybridized carbons (Fsp3) is 0.333. The topological polar surface area (TPSA) is 68.8 Å². The van der Waals surface area contributed by atoms with Crippen LogP contribution in [-0.2, 0) is 6.54 Å². The summed E-state index contributed by atoms with van der Waals surface area (Å²) in [7, 11) is 0. The molecule has 3 heterocycles. The third kappa shape index (κ3) is 3.17. The molecular weight excluding hydrogens is 316 g/mol. The molecule has 1 saturated heterocycles. The van der Waals surface area contributed by atoms with Crippen molar-refractivity contribution in [3.05, 3.63) is 60.2 Å². The largest absolute Gasteiger partial charge is 0.332 e. The van der Waals surface area contributed by atoms with Gasteiger partial charge in [-0.2, -0.15) is 15.0 Å². The molecule has 0 radical (unpaired) electrons. The van der Waals surface area contributed by atoms with Crippen molar-refractivity contribution in [1.82, 2.24) is 29.7 Å². The molecule has 0 spiro atoms. The number of benzene rings is 1. The Kier molecular flexibility index (Phi) is 4.05. The van der Waals surface area contributed by atoms with Gasteiger partial charge in [0, 0.05) is 12.7 Å². The quantitative estimate of drug-likeness (QED) is 0.731. The van der Waals surface area contributed by atoms with Crippen LogP contribution in [0, 0.1) is 6.92 Å². The Balaban J connectivity index is 1.51. The Bertz CT molecular complexity index is 869. The van der Waals surface area contributed by atoms with Crippen LogP contribution in [-0.4, -0.2) is 48.2 Å². The molecule has 0 saturated carbocycles. The predicted octanol–water partition coefficient (Wildman–Crippen LogP) is 2.08. The van der Waals surface area contributed by atoms with Crippen LogP contribution in [0.1, 0.15) is 28.9 Å². The highest BCUT2D eigenvalue weighted by molar-refractivity contribution is 5.92. The van der Waals surface area contributed by atoms with Crippen molar-refractivity contribution in [3.63, 3.8) is 0 Å². The van der Waals surface area contributed by atoms with Gasteiger partial charge < -0.3 is 4.90 Å². The normalized spacial score (nSPS) is 17.2. The lowest BCUT2D eigenvalue weighted by molar-refractivity contribution is 0.0715. The molecular formula is C18H20N6O. The van der Waals surface area contributed by atoms with Gasteiger partial charge in [0.1, 0.15) is 0 Å². The number of para-hydroxylation sites is 1. The minimum atomic E-state index is -0.0615. The maximum absolute atomic E-state index is 12.9. The van der Waals surface area contributed by atoms with Crippen LogP contribution in [0.4, 0.5) is 0 Å². The zero-order chi connectivity index (χ0) is 17.2. The van der Waals surface area contributed by atoms with Crippen LogP contribution >= 0.6 is 0 Å². The molecule has 1 aliphatic rings. The van der Waals surface area contributed by atoms with Gasteiger partial charge in [0.2, 0.25) is 0 Å². The molecule has 1 amide bonds. The van der Waals surface area contributed by atoms with Crippen LogP contribution in [0.5, 0.6) is 0 Å². The number of amides is 1. The Morgan fingerprint density at radius 1 is 1.20 bits per heavy atom. The van der Waals surface area contributed by atoms with E-state index in [9.17, 15) is 4.79 Å². The number of rotatable bonds is 4. The predicted molar refractivity (Wildman–Crippen MR) is 92.4 cm³/mol. The lowest BCUT2D eigenvalue weighted by Gasteiger charge is -2.23. The Labute approximate surface area is 145 Å². The highest BCUT2D eigenvalue weighted by atomic mass is 16.2. The summed E-state index contributed by atoms with van der Waals surface area (Å²) >= 11 is 0.